The number of aryl methyl sites for hydroxylation is 1. The zero-order valence-corrected chi connectivity index (χ0v) is 8.60. The van der Waals surface area contributed by atoms with Gasteiger partial charge in [-0.3, -0.25) is 0 Å². The highest BCUT2D eigenvalue weighted by Crippen LogP contribution is 2.19. The molecule has 0 N–H and O–H groups in total. The number of fused-ring (bicyclic) bond motifs is 1. The van der Waals surface area contributed by atoms with Gasteiger partial charge in [0.25, 0.3) is 0 Å². The monoisotopic (exact) mass is 203 g/mol. The van der Waals surface area contributed by atoms with E-state index in [0.29, 0.717) is 5.82 Å². The molecule has 0 unspecified atom stereocenters. The van der Waals surface area contributed by atoms with Gasteiger partial charge in [-0.25, -0.2) is 4.98 Å². The van der Waals surface area contributed by atoms with Crippen LogP contribution in [-0.4, -0.2) is 15.5 Å². The lowest BCUT2D eigenvalue weighted by atomic mass is 10.3. The van der Waals surface area contributed by atoms with Crippen LogP contribution in [-0.2, 0) is 4.79 Å². The van der Waals surface area contributed by atoms with Gasteiger partial charge in [0.15, 0.2) is 0 Å². The van der Waals surface area contributed by atoms with Crippen molar-refractivity contribution in [1.29, 1.82) is 0 Å². The van der Waals surface area contributed by atoms with Gasteiger partial charge in [-0.05, 0) is 26.0 Å². The quantitative estimate of drug-likeness (QED) is 0.720. The molecule has 78 valence electrons. The summed E-state index contributed by atoms with van der Waals surface area (Å²) in [5.74, 6) is -0.408. The van der Waals surface area contributed by atoms with Crippen molar-refractivity contribution in [1.82, 2.24) is 9.55 Å². The smallest absolute Gasteiger partial charge is 0.107 e. The second-order valence-corrected chi connectivity index (χ2v) is 3.51. The van der Waals surface area contributed by atoms with Crippen LogP contribution < -0.4 is 5.11 Å². The Morgan fingerprint density at radius 3 is 2.80 bits per heavy atom. The molecule has 0 bridgehead atoms. The van der Waals surface area contributed by atoms with Crippen LogP contribution in [0.15, 0.2) is 24.3 Å². The first-order chi connectivity index (χ1) is 7.11. The Bertz CT molecular complexity index is 516. The zero-order chi connectivity index (χ0) is 11.0. The zero-order valence-electron chi connectivity index (χ0n) is 8.60. The van der Waals surface area contributed by atoms with Crippen molar-refractivity contribution in [2.75, 3.05) is 0 Å². The van der Waals surface area contributed by atoms with Gasteiger partial charge in [0.05, 0.1) is 23.0 Å². The minimum atomic E-state index is -1.10. The first kappa shape index (κ1) is 9.71. The molecule has 0 spiro atoms. The Morgan fingerprint density at radius 2 is 2.13 bits per heavy atom. The highest BCUT2D eigenvalue weighted by atomic mass is 16.4. The number of carbonyl (C=O) groups is 1. The van der Waals surface area contributed by atoms with E-state index in [0.717, 1.165) is 11.0 Å². The van der Waals surface area contributed by atoms with Crippen molar-refractivity contribution < 1.29 is 9.90 Å². The molecule has 2 rings (SSSR count). The standard InChI is InChI=1S/C11H12N2O2/c1-7(11(14)15)13-8(2)12-9-5-3-4-6-10(9)13/h3-7H,1-2H3,(H,14,15)/p-1/t7-/m0/s1. The molecule has 0 aliphatic carbocycles. The van der Waals surface area contributed by atoms with Crippen LogP contribution in [0, 0.1) is 6.92 Å². The summed E-state index contributed by atoms with van der Waals surface area (Å²) in [4.78, 5) is 15.1. The summed E-state index contributed by atoms with van der Waals surface area (Å²) in [7, 11) is 0. The fourth-order valence-corrected chi connectivity index (χ4v) is 1.76. The maximum atomic E-state index is 10.8. The largest absolute Gasteiger partial charge is 0.548 e. The summed E-state index contributed by atoms with van der Waals surface area (Å²) in [6.45, 7) is 3.38. The third-order valence-corrected chi connectivity index (χ3v) is 2.50. The van der Waals surface area contributed by atoms with E-state index in [4.69, 9.17) is 0 Å². The Hall–Kier alpha value is -1.84. The number of benzene rings is 1. The number of nitrogens with zero attached hydrogens (tertiary/aromatic N) is 2. The van der Waals surface area contributed by atoms with Crippen LogP contribution in [0.25, 0.3) is 11.0 Å². The van der Waals surface area contributed by atoms with Crippen molar-refractivity contribution in [3.8, 4) is 0 Å². The minimum Gasteiger partial charge on any atom is -0.548 e. The van der Waals surface area contributed by atoms with Crippen molar-refractivity contribution in [2.24, 2.45) is 0 Å². The molecule has 0 aliphatic rings. The summed E-state index contributed by atoms with van der Waals surface area (Å²) in [5.41, 5.74) is 1.63. The number of carbonyl (C=O) groups excluding carboxylic acids is 1. The number of carboxylic acids is 1. The topological polar surface area (TPSA) is 58.0 Å². The second-order valence-electron chi connectivity index (χ2n) is 3.51. The van der Waals surface area contributed by atoms with E-state index in [1.807, 2.05) is 24.3 Å². The van der Waals surface area contributed by atoms with Crippen LogP contribution >= 0.6 is 0 Å². The predicted octanol–water partition coefficient (Wildman–Crippen LogP) is 0.656. The lowest BCUT2D eigenvalue weighted by molar-refractivity contribution is -0.309. The highest BCUT2D eigenvalue weighted by molar-refractivity contribution is 5.79. The molecule has 4 heteroatoms. The first-order valence-electron chi connectivity index (χ1n) is 4.75. The molecule has 0 aliphatic heterocycles. The van der Waals surface area contributed by atoms with Gasteiger partial charge in [0.2, 0.25) is 0 Å². The van der Waals surface area contributed by atoms with E-state index in [2.05, 4.69) is 4.98 Å². The van der Waals surface area contributed by atoms with Gasteiger partial charge >= 0.3 is 0 Å². The minimum absolute atomic E-state index is 0.688. The first-order valence-corrected chi connectivity index (χ1v) is 4.75. The van der Waals surface area contributed by atoms with Crippen molar-refractivity contribution in [2.45, 2.75) is 19.9 Å². The Balaban J connectivity index is 2.68. The molecule has 1 heterocycles. The second kappa shape index (κ2) is 3.38. The molecule has 0 saturated heterocycles. The lowest BCUT2D eigenvalue weighted by Gasteiger charge is -2.16. The number of imidazole rings is 1. The molecule has 1 aromatic heterocycles. The Labute approximate surface area is 87.2 Å². The summed E-state index contributed by atoms with van der Waals surface area (Å²) in [6.07, 6.45) is 0. The van der Waals surface area contributed by atoms with Gasteiger partial charge in [-0.15, -0.1) is 0 Å². The van der Waals surface area contributed by atoms with Gasteiger partial charge < -0.3 is 14.5 Å². The summed E-state index contributed by atoms with van der Waals surface area (Å²) in [6, 6.07) is 6.76. The van der Waals surface area contributed by atoms with Crippen LogP contribution in [0.3, 0.4) is 0 Å². The molecule has 2 aromatic rings. The Morgan fingerprint density at radius 1 is 1.47 bits per heavy atom. The van der Waals surface area contributed by atoms with Crippen molar-refractivity contribution in [3.63, 3.8) is 0 Å². The summed E-state index contributed by atoms with van der Waals surface area (Å²) < 4.78 is 1.67. The number of aromatic nitrogens is 2. The third kappa shape index (κ3) is 1.48. The van der Waals surface area contributed by atoms with E-state index in [-0.39, 0.29) is 0 Å². The summed E-state index contributed by atoms with van der Waals surface area (Å²) in [5, 5.41) is 10.8. The molecule has 15 heavy (non-hydrogen) atoms. The summed E-state index contributed by atoms with van der Waals surface area (Å²) >= 11 is 0. The third-order valence-electron chi connectivity index (χ3n) is 2.50. The van der Waals surface area contributed by atoms with Gasteiger partial charge in [0.1, 0.15) is 5.82 Å². The molecule has 0 amide bonds. The van der Waals surface area contributed by atoms with Gasteiger partial charge in [0, 0.05) is 0 Å². The number of hydrogen-bond acceptors (Lipinski definition) is 3. The van der Waals surface area contributed by atoms with Crippen molar-refractivity contribution >= 4 is 17.0 Å². The maximum Gasteiger partial charge on any atom is 0.107 e. The van der Waals surface area contributed by atoms with E-state index in [1.54, 1.807) is 18.4 Å². The normalized spacial score (nSPS) is 12.9. The molecular weight excluding hydrogens is 192 g/mol. The average molecular weight is 203 g/mol. The fraction of sp³-hybridized carbons (Fsp3) is 0.273. The molecule has 1 atom stereocenters. The van der Waals surface area contributed by atoms with E-state index in [1.165, 1.54) is 0 Å². The highest BCUT2D eigenvalue weighted by Gasteiger charge is 2.12. The van der Waals surface area contributed by atoms with E-state index >= 15 is 0 Å². The molecule has 0 saturated carbocycles. The average Bonchev–Trinajstić information content (AvgIpc) is 2.52. The fourth-order valence-electron chi connectivity index (χ4n) is 1.76. The number of aliphatic carboxylic acids is 1. The van der Waals surface area contributed by atoms with Gasteiger partial charge in [-0.1, -0.05) is 12.1 Å². The maximum absolute atomic E-state index is 10.8. The van der Waals surface area contributed by atoms with Crippen LogP contribution in [0.5, 0.6) is 0 Å². The number of rotatable bonds is 2. The van der Waals surface area contributed by atoms with Gasteiger partial charge in [-0.2, -0.15) is 0 Å². The SMILES string of the molecule is Cc1nc2ccccc2n1[C@@H](C)C(=O)[O-]. The van der Waals surface area contributed by atoms with Crippen LogP contribution in [0.4, 0.5) is 0 Å². The molecular formula is C11H11N2O2-. The Kier molecular flexibility index (Phi) is 2.19. The molecule has 1 aromatic carbocycles. The number of para-hydroxylation sites is 2. The van der Waals surface area contributed by atoms with E-state index < -0.39 is 12.0 Å². The van der Waals surface area contributed by atoms with E-state index in [9.17, 15) is 9.90 Å². The number of carboxylic acid groups (broad SMARTS) is 1. The molecule has 4 nitrogen and oxygen atoms in total. The van der Waals surface area contributed by atoms with Crippen LogP contribution in [0.2, 0.25) is 0 Å². The lowest BCUT2D eigenvalue weighted by Crippen LogP contribution is -2.31. The van der Waals surface area contributed by atoms with Crippen molar-refractivity contribution in [3.05, 3.63) is 30.1 Å². The number of hydrogen-bond donors (Lipinski definition) is 0. The van der Waals surface area contributed by atoms with Crippen LogP contribution in [0.1, 0.15) is 18.8 Å². The molecule has 0 fully saturated rings. The predicted molar refractivity (Wildman–Crippen MR) is 54.2 cm³/mol. The molecule has 0 radical (unpaired) electrons.